The van der Waals surface area contributed by atoms with Crippen LogP contribution in [0.4, 0.5) is 10.1 Å². The maximum absolute atomic E-state index is 14.0. The summed E-state index contributed by atoms with van der Waals surface area (Å²) in [6.07, 6.45) is 0.288. The highest BCUT2D eigenvalue weighted by atomic mass is 32.2. The first-order valence-corrected chi connectivity index (χ1v) is 11.3. The number of piperazine rings is 1. The van der Waals surface area contributed by atoms with Crippen molar-refractivity contribution in [2.75, 3.05) is 36.8 Å². The molecule has 1 saturated heterocycles. The molecule has 0 radical (unpaired) electrons. The van der Waals surface area contributed by atoms with Crippen LogP contribution in [-0.2, 0) is 10.2 Å². The van der Waals surface area contributed by atoms with Gasteiger partial charge in [0.2, 0.25) is 5.91 Å². The second-order valence-electron chi connectivity index (χ2n) is 8.87. The van der Waals surface area contributed by atoms with Gasteiger partial charge in [-0.3, -0.25) is 14.2 Å². The minimum atomic E-state index is -0.238. The number of para-hydroxylation sites is 1. The largest absolute Gasteiger partial charge is 0.366 e. The highest BCUT2D eigenvalue weighted by molar-refractivity contribution is 7.99. The van der Waals surface area contributed by atoms with E-state index in [4.69, 9.17) is 0 Å². The zero-order chi connectivity index (χ0) is 21.5. The van der Waals surface area contributed by atoms with Crippen LogP contribution >= 0.6 is 11.8 Å². The molecule has 1 aromatic heterocycles. The van der Waals surface area contributed by atoms with Gasteiger partial charge >= 0.3 is 0 Å². The minimum absolute atomic E-state index is 0.0356. The molecule has 6 nitrogen and oxygen atoms in total. The maximum Gasteiger partial charge on any atom is 0.254 e. The molecule has 3 heterocycles. The lowest BCUT2D eigenvalue weighted by molar-refractivity contribution is -0.132. The van der Waals surface area contributed by atoms with Crippen LogP contribution in [0.2, 0.25) is 0 Å². The van der Waals surface area contributed by atoms with E-state index in [-0.39, 0.29) is 35.2 Å². The van der Waals surface area contributed by atoms with Gasteiger partial charge in [-0.05, 0) is 12.1 Å². The second kappa shape index (κ2) is 8.06. The summed E-state index contributed by atoms with van der Waals surface area (Å²) in [4.78, 5) is 34.1. The lowest BCUT2D eigenvalue weighted by Crippen LogP contribution is -2.49. The molecule has 1 fully saturated rings. The third kappa shape index (κ3) is 4.10. The van der Waals surface area contributed by atoms with Gasteiger partial charge in [0.1, 0.15) is 5.82 Å². The Bertz CT molecular complexity index is 1010. The van der Waals surface area contributed by atoms with Crippen LogP contribution in [-0.4, -0.2) is 52.3 Å². The number of hydrogen-bond donors (Lipinski definition) is 0. The Morgan fingerprint density at radius 3 is 2.57 bits per heavy atom. The minimum Gasteiger partial charge on any atom is -0.366 e. The fraction of sp³-hybridized carbons (Fsp3) is 0.500. The summed E-state index contributed by atoms with van der Waals surface area (Å²) in [5.74, 6) is 0.475. The lowest BCUT2D eigenvalue weighted by atomic mass is 9.92. The number of carbonyl (C=O) groups excluding carboxylic acids is 1. The Labute approximate surface area is 180 Å². The average Bonchev–Trinajstić information content (AvgIpc) is 3.11. The zero-order valence-corrected chi connectivity index (χ0v) is 18.4. The van der Waals surface area contributed by atoms with Crippen molar-refractivity contribution in [3.8, 4) is 0 Å². The standard InChI is InChI=1S/C22H27FN4O2S/c1-22(2,3)18-13-20(29)27-15(14-30-21(27)24-18)12-19(28)26-10-8-25(9-11-26)17-7-5-4-6-16(17)23/h4-7,13,15H,8-12,14H2,1-3H3. The van der Waals surface area contributed by atoms with Gasteiger partial charge in [0.25, 0.3) is 5.56 Å². The van der Waals surface area contributed by atoms with E-state index in [1.165, 1.54) is 17.8 Å². The van der Waals surface area contributed by atoms with E-state index in [1.54, 1.807) is 22.8 Å². The van der Waals surface area contributed by atoms with Crippen LogP contribution < -0.4 is 10.5 Å². The predicted octanol–water partition coefficient (Wildman–Crippen LogP) is 3.07. The van der Waals surface area contributed by atoms with Crippen LogP contribution in [0.5, 0.6) is 0 Å². The molecule has 0 N–H and O–H groups in total. The van der Waals surface area contributed by atoms with E-state index >= 15 is 0 Å². The molecule has 2 aromatic rings. The van der Waals surface area contributed by atoms with E-state index < -0.39 is 0 Å². The summed E-state index contributed by atoms with van der Waals surface area (Å²) in [7, 11) is 0. The predicted molar refractivity (Wildman–Crippen MR) is 117 cm³/mol. The first-order chi connectivity index (χ1) is 14.2. The summed E-state index contributed by atoms with van der Waals surface area (Å²) in [6, 6.07) is 8.15. The number of thioether (sulfide) groups is 1. The molecule has 30 heavy (non-hydrogen) atoms. The van der Waals surface area contributed by atoms with Crippen molar-refractivity contribution in [3.63, 3.8) is 0 Å². The summed E-state index contributed by atoms with van der Waals surface area (Å²) in [6.45, 7) is 8.40. The van der Waals surface area contributed by atoms with Gasteiger partial charge in [-0.15, -0.1) is 0 Å². The van der Waals surface area contributed by atoms with Gasteiger partial charge in [-0.25, -0.2) is 9.37 Å². The van der Waals surface area contributed by atoms with Crippen LogP contribution in [0, 0.1) is 5.82 Å². The van der Waals surface area contributed by atoms with Crippen molar-refractivity contribution in [2.24, 2.45) is 0 Å². The van der Waals surface area contributed by atoms with Crippen molar-refractivity contribution in [1.82, 2.24) is 14.5 Å². The smallest absolute Gasteiger partial charge is 0.254 e. The molecule has 0 saturated carbocycles. The Hall–Kier alpha value is -2.35. The summed E-state index contributed by atoms with van der Waals surface area (Å²) in [5.41, 5.74) is 1.08. The molecular weight excluding hydrogens is 403 g/mol. The average molecular weight is 431 g/mol. The number of anilines is 1. The Morgan fingerprint density at radius 2 is 1.90 bits per heavy atom. The molecule has 1 atom stereocenters. The summed E-state index contributed by atoms with van der Waals surface area (Å²) < 4.78 is 15.7. The number of carbonyl (C=O) groups is 1. The molecular formula is C22H27FN4O2S. The van der Waals surface area contributed by atoms with Gasteiger partial charge in [-0.2, -0.15) is 0 Å². The van der Waals surface area contributed by atoms with E-state index in [1.807, 2.05) is 36.6 Å². The number of amides is 1. The molecule has 0 spiro atoms. The molecule has 1 unspecified atom stereocenters. The number of fused-ring (bicyclic) bond motifs is 1. The van der Waals surface area contributed by atoms with Crippen LogP contribution in [0.25, 0.3) is 0 Å². The fourth-order valence-electron chi connectivity index (χ4n) is 3.92. The summed E-state index contributed by atoms with van der Waals surface area (Å²) in [5, 5.41) is 0.703. The van der Waals surface area contributed by atoms with Crippen molar-refractivity contribution < 1.29 is 9.18 Å². The topological polar surface area (TPSA) is 58.4 Å². The molecule has 1 aromatic carbocycles. The number of halogens is 1. The zero-order valence-electron chi connectivity index (χ0n) is 17.6. The molecule has 160 valence electrons. The van der Waals surface area contributed by atoms with Gasteiger partial charge < -0.3 is 9.80 Å². The van der Waals surface area contributed by atoms with Gasteiger partial charge in [0.05, 0.1) is 17.4 Å². The molecule has 0 aliphatic carbocycles. The van der Waals surface area contributed by atoms with Gasteiger partial charge in [0, 0.05) is 49.8 Å². The van der Waals surface area contributed by atoms with E-state index in [9.17, 15) is 14.0 Å². The van der Waals surface area contributed by atoms with E-state index in [0.717, 1.165) is 5.69 Å². The summed E-state index contributed by atoms with van der Waals surface area (Å²) >= 11 is 1.54. The van der Waals surface area contributed by atoms with Crippen LogP contribution in [0.1, 0.15) is 38.9 Å². The Kier molecular flexibility index (Phi) is 5.61. The highest BCUT2D eigenvalue weighted by Crippen LogP contribution is 2.34. The second-order valence-corrected chi connectivity index (χ2v) is 9.86. The third-order valence-corrected chi connectivity index (χ3v) is 6.79. The quantitative estimate of drug-likeness (QED) is 0.701. The Balaban J connectivity index is 1.41. The van der Waals surface area contributed by atoms with E-state index in [0.29, 0.717) is 42.8 Å². The first kappa shape index (κ1) is 20.9. The highest BCUT2D eigenvalue weighted by Gasteiger charge is 2.31. The van der Waals surface area contributed by atoms with Crippen molar-refractivity contribution in [3.05, 3.63) is 52.2 Å². The van der Waals surface area contributed by atoms with Crippen molar-refractivity contribution >= 4 is 23.4 Å². The molecule has 8 heteroatoms. The Morgan fingerprint density at radius 1 is 1.20 bits per heavy atom. The van der Waals surface area contributed by atoms with Gasteiger partial charge in [0.15, 0.2) is 5.16 Å². The number of nitrogens with zero attached hydrogens (tertiary/aromatic N) is 4. The maximum atomic E-state index is 14.0. The normalized spacial score (nSPS) is 19.1. The van der Waals surface area contributed by atoms with Crippen LogP contribution in [0.3, 0.4) is 0 Å². The number of hydrogen-bond acceptors (Lipinski definition) is 5. The van der Waals surface area contributed by atoms with Crippen LogP contribution in [0.15, 0.2) is 40.3 Å². The van der Waals surface area contributed by atoms with Crippen molar-refractivity contribution in [1.29, 1.82) is 0 Å². The monoisotopic (exact) mass is 430 g/mol. The van der Waals surface area contributed by atoms with E-state index in [2.05, 4.69) is 4.98 Å². The molecule has 4 rings (SSSR count). The first-order valence-electron chi connectivity index (χ1n) is 10.3. The number of aromatic nitrogens is 2. The number of rotatable bonds is 3. The molecule has 2 aliphatic rings. The SMILES string of the molecule is CC(C)(C)c1cc(=O)n2c(n1)SCC2CC(=O)N1CCN(c2ccccc2F)CC1. The number of benzene rings is 1. The lowest BCUT2D eigenvalue weighted by Gasteiger charge is -2.36. The van der Waals surface area contributed by atoms with Gasteiger partial charge in [-0.1, -0.05) is 44.7 Å². The third-order valence-electron chi connectivity index (χ3n) is 5.69. The van der Waals surface area contributed by atoms with Crippen molar-refractivity contribution in [2.45, 2.75) is 43.8 Å². The fourth-order valence-corrected chi connectivity index (χ4v) is 5.07. The molecule has 0 bridgehead atoms. The molecule has 2 aliphatic heterocycles. The molecule has 1 amide bonds.